The van der Waals surface area contributed by atoms with Crippen LogP contribution < -0.4 is 14.9 Å². The summed E-state index contributed by atoms with van der Waals surface area (Å²) in [5, 5.41) is 5.87. The number of aromatic nitrogens is 1. The molecule has 4 aromatic carbocycles. The van der Waals surface area contributed by atoms with Gasteiger partial charge in [0.25, 0.3) is 0 Å². The van der Waals surface area contributed by atoms with Crippen LogP contribution in [-0.4, -0.2) is 17.8 Å². The maximum atomic E-state index is 6.28. The van der Waals surface area contributed by atoms with Gasteiger partial charge in [0.2, 0.25) is 5.13 Å². The SMILES string of the molecule is CCOc1cc(/C=N\Nc2nc(-c3ccc(C)c(C)c3)c(-c3ccccc3)s2)ccc1OCc1ccccc1Cl. The minimum Gasteiger partial charge on any atom is -0.490 e. The Bertz CT molecular complexity index is 1630. The topological polar surface area (TPSA) is 55.7 Å². The third-order valence-electron chi connectivity index (χ3n) is 6.43. The van der Waals surface area contributed by atoms with E-state index >= 15 is 0 Å². The van der Waals surface area contributed by atoms with Gasteiger partial charge in [0.1, 0.15) is 6.61 Å². The van der Waals surface area contributed by atoms with Gasteiger partial charge in [-0.05, 0) is 73.4 Å². The lowest BCUT2D eigenvalue weighted by Crippen LogP contribution is -2.01. The van der Waals surface area contributed by atoms with E-state index in [4.69, 9.17) is 26.1 Å². The molecule has 0 aliphatic carbocycles. The lowest BCUT2D eigenvalue weighted by atomic mass is 10.0. The van der Waals surface area contributed by atoms with Crippen molar-refractivity contribution in [1.82, 2.24) is 4.98 Å². The molecule has 5 rings (SSSR count). The van der Waals surface area contributed by atoms with Crippen LogP contribution in [0.4, 0.5) is 5.13 Å². The van der Waals surface area contributed by atoms with E-state index in [0.29, 0.717) is 34.9 Å². The average Bonchev–Trinajstić information content (AvgIpc) is 3.40. The van der Waals surface area contributed by atoms with Gasteiger partial charge in [0.05, 0.1) is 23.4 Å². The van der Waals surface area contributed by atoms with E-state index in [9.17, 15) is 0 Å². The van der Waals surface area contributed by atoms with Gasteiger partial charge in [-0.3, -0.25) is 5.43 Å². The third-order valence-corrected chi connectivity index (χ3v) is 7.80. The summed E-state index contributed by atoms with van der Waals surface area (Å²) in [6.45, 7) is 7.06. The molecule has 0 atom stereocenters. The van der Waals surface area contributed by atoms with Crippen LogP contribution in [0, 0.1) is 13.8 Å². The Kier molecular flexibility index (Phi) is 8.79. The van der Waals surface area contributed by atoms with Gasteiger partial charge in [-0.2, -0.15) is 5.10 Å². The summed E-state index contributed by atoms with van der Waals surface area (Å²) >= 11 is 7.86. The number of anilines is 1. The molecule has 0 saturated carbocycles. The normalized spacial score (nSPS) is 11.1. The molecule has 40 heavy (non-hydrogen) atoms. The van der Waals surface area contributed by atoms with Crippen LogP contribution in [0.2, 0.25) is 5.02 Å². The zero-order valence-electron chi connectivity index (χ0n) is 22.6. The first-order valence-electron chi connectivity index (χ1n) is 13.1. The Balaban J connectivity index is 1.35. The summed E-state index contributed by atoms with van der Waals surface area (Å²) < 4.78 is 11.9. The van der Waals surface area contributed by atoms with Gasteiger partial charge in [0.15, 0.2) is 11.5 Å². The van der Waals surface area contributed by atoms with Crippen LogP contribution in [-0.2, 0) is 6.61 Å². The number of ether oxygens (including phenoxy) is 2. The van der Waals surface area contributed by atoms with Gasteiger partial charge < -0.3 is 9.47 Å². The predicted octanol–water partition coefficient (Wildman–Crippen LogP) is 9.17. The highest BCUT2D eigenvalue weighted by Crippen LogP contribution is 2.39. The molecule has 0 radical (unpaired) electrons. The van der Waals surface area contributed by atoms with Crippen molar-refractivity contribution in [1.29, 1.82) is 0 Å². The van der Waals surface area contributed by atoms with Crippen molar-refractivity contribution in [2.24, 2.45) is 5.10 Å². The number of hydrazone groups is 1. The molecule has 5 aromatic rings. The summed E-state index contributed by atoms with van der Waals surface area (Å²) in [5.74, 6) is 1.30. The fraction of sp³-hybridized carbons (Fsp3) is 0.152. The molecule has 5 nitrogen and oxygen atoms in total. The fourth-order valence-electron chi connectivity index (χ4n) is 4.16. The number of hydrogen-bond acceptors (Lipinski definition) is 6. The number of thiazole rings is 1. The molecule has 0 spiro atoms. The van der Waals surface area contributed by atoms with Crippen LogP contribution in [0.5, 0.6) is 11.5 Å². The molecule has 1 N–H and O–H groups in total. The molecule has 0 unspecified atom stereocenters. The Hall–Kier alpha value is -4.13. The van der Waals surface area contributed by atoms with Crippen molar-refractivity contribution < 1.29 is 9.47 Å². The van der Waals surface area contributed by atoms with Gasteiger partial charge in [0, 0.05) is 16.1 Å². The standard InChI is InChI=1S/C33H30ClN3O2S/c1-4-38-30-19-24(15-17-29(30)39-21-27-12-8-9-13-28(27)34)20-35-37-33-36-31(26-16-14-22(2)23(3)18-26)32(40-33)25-10-6-5-7-11-25/h5-20H,4,21H2,1-3H3,(H,36,37)/b35-20-. The van der Waals surface area contributed by atoms with Crippen LogP contribution in [0.15, 0.2) is 96.1 Å². The number of halogens is 1. The molecule has 0 saturated heterocycles. The van der Waals surface area contributed by atoms with E-state index in [0.717, 1.165) is 32.8 Å². The predicted molar refractivity (Wildman–Crippen MR) is 167 cm³/mol. The molecule has 1 heterocycles. The van der Waals surface area contributed by atoms with Gasteiger partial charge in [-0.25, -0.2) is 4.98 Å². The fourth-order valence-corrected chi connectivity index (χ4v) is 5.30. The Morgan fingerprint density at radius 2 is 1.65 bits per heavy atom. The maximum absolute atomic E-state index is 6.28. The lowest BCUT2D eigenvalue weighted by molar-refractivity contribution is 0.269. The molecule has 0 fully saturated rings. The van der Waals surface area contributed by atoms with Crippen molar-refractivity contribution in [3.63, 3.8) is 0 Å². The highest BCUT2D eigenvalue weighted by Gasteiger charge is 2.15. The highest BCUT2D eigenvalue weighted by atomic mass is 35.5. The van der Waals surface area contributed by atoms with Crippen LogP contribution in [0.1, 0.15) is 29.2 Å². The maximum Gasteiger partial charge on any atom is 0.204 e. The zero-order valence-corrected chi connectivity index (χ0v) is 24.2. The quantitative estimate of drug-likeness (QED) is 0.135. The van der Waals surface area contributed by atoms with Crippen LogP contribution in [0.3, 0.4) is 0 Å². The van der Waals surface area contributed by atoms with E-state index in [2.05, 4.69) is 54.7 Å². The second-order valence-corrected chi connectivity index (χ2v) is 10.7. The molecular formula is C33H30ClN3O2S. The summed E-state index contributed by atoms with van der Waals surface area (Å²) in [6.07, 6.45) is 1.75. The molecule has 0 amide bonds. The molecule has 202 valence electrons. The van der Waals surface area contributed by atoms with Gasteiger partial charge in [-0.15, -0.1) is 0 Å². The van der Waals surface area contributed by atoms with E-state index < -0.39 is 0 Å². The van der Waals surface area contributed by atoms with E-state index in [-0.39, 0.29) is 0 Å². The van der Waals surface area contributed by atoms with Gasteiger partial charge >= 0.3 is 0 Å². The average molecular weight is 568 g/mol. The summed E-state index contributed by atoms with van der Waals surface area (Å²) in [5.41, 5.74) is 10.6. The van der Waals surface area contributed by atoms with Crippen molar-refractivity contribution in [2.45, 2.75) is 27.4 Å². The van der Waals surface area contributed by atoms with Crippen molar-refractivity contribution in [3.05, 3.63) is 118 Å². The summed E-state index contributed by atoms with van der Waals surface area (Å²) in [4.78, 5) is 6.02. The number of nitrogens with one attached hydrogen (secondary N) is 1. The minimum atomic E-state index is 0.353. The molecule has 0 aliphatic heterocycles. The lowest BCUT2D eigenvalue weighted by Gasteiger charge is -2.13. The molecule has 0 bridgehead atoms. The first-order chi connectivity index (χ1) is 19.5. The number of aryl methyl sites for hydroxylation is 2. The van der Waals surface area contributed by atoms with Gasteiger partial charge in [-0.1, -0.05) is 83.6 Å². The van der Waals surface area contributed by atoms with E-state index in [1.807, 2.05) is 67.6 Å². The van der Waals surface area contributed by atoms with Crippen LogP contribution in [0.25, 0.3) is 21.7 Å². The summed E-state index contributed by atoms with van der Waals surface area (Å²) in [7, 11) is 0. The van der Waals surface area contributed by atoms with Crippen molar-refractivity contribution >= 4 is 34.3 Å². The van der Waals surface area contributed by atoms with Crippen molar-refractivity contribution in [3.8, 4) is 33.2 Å². The molecule has 1 aromatic heterocycles. The third kappa shape index (κ3) is 6.53. The molecule has 7 heteroatoms. The number of nitrogens with zero attached hydrogens (tertiary/aromatic N) is 2. The second-order valence-electron chi connectivity index (χ2n) is 9.25. The smallest absolute Gasteiger partial charge is 0.204 e. The van der Waals surface area contributed by atoms with E-state index in [1.165, 1.54) is 11.1 Å². The molecule has 0 aliphatic rings. The van der Waals surface area contributed by atoms with Crippen molar-refractivity contribution in [2.75, 3.05) is 12.0 Å². The largest absolute Gasteiger partial charge is 0.490 e. The second kappa shape index (κ2) is 12.8. The first kappa shape index (κ1) is 27.4. The van der Waals surface area contributed by atoms with Crippen LogP contribution >= 0.6 is 22.9 Å². The number of hydrogen-bond donors (Lipinski definition) is 1. The van der Waals surface area contributed by atoms with E-state index in [1.54, 1.807) is 17.6 Å². The monoisotopic (exact) mass is 567 g/mol. The Morgan fingerprint density at radius 3 is 2.42 bits per heavy atom. The molecular weight excluding hydrogens is 538 g/mol. The Labute approximate surface area is 244 Å². The summed E-state index contributed by atoms with van der Waals surface area (Å²) in [6, 6.07) is 30.2. The number of rotatable bonds is 10. The minimum absolute atomic E-state index is 0.353. The highest BCUT2D eigenvalue weighted by molar-refractivity contribution is 7.19. The number of benzene rings is 4. The zero-order chi connectivity index (χ0) is 27.9. The first-order valence-corrected chi connectivity index (χ1v) is 14.3. The Morgan fingerprint density at radius 1 is 0.850 bits per heavy atom.